The van der Waals surface area contributed by atoms with Crippen LogP contribution >= 0.6 is 23.2 Å². The summed E-state index contributed by atoms with van der Waals surface area (Å²) in [5.74, 6) is 0. The zero-order valence-corrected chi connectivity index (χ0v) is 16.6. The zero-order valence-electron chi connectivity index (χ0n) is 15.1. The molecule has 0 heterocycles. The van der Waals surface area contributed by atoms with Gasteiger partial charge in [0.05, 0.1) is 0 Å². The van der Waals surface area contributed by atoms with E-state index in [-0.39, 0.29) is 0 Å². The van der Waals surface area contributed by atoms with Crippen LogP contribution < -0.4 is 0 Å². The van der Waals surface area contributed by atoms with Crippen LogP contribution in [0.1, 0.15) is 35.1 Å². The van der Waals surface area contributed by atoms with Crippen molar-refractivity contribution in [1.29, 1.82) is 0 Å². The van der Waals surface area contributed by atoms with Crippen LogP contribution in [0.4, 0.5) is 0 Å². The Balaban J connectivity index is 1.70. The molecule has 0 saturated carbocycles. The van der Waals surface area contributed by atoms with E-state index in [4.69, 9.17) is 23.2 Å². The van der Waals surface area contributed by atoms with Gasteiger partial charge in [0.25, 0.3) is 0 Å². The van der Waals surface area contributed by atoms with E-state index in [1.807, 2.05) is 18.2 Å². The monoisotopic (exact) mass is 390 g/mol. The third-order valence-corrected chi connectivity index (χ3v) is 6.62. The predicted molar refractivity (Wildman–Crippen MR) is 117 cm³/mol. The molecule has 1 aliphatic carbocycles. The Morgan fingerprint density at radius 2 is 1.30 bits per heavy atom. The third kappa shape index (κ3) is 2.92. The quantitative estimate of drug-likeness (QED) is 0.306. The van der Waals surface area contributed by atoms with Gasteiger partial charge in [0.2, 0.25) is 0 Å². The Bertz CT molecular complexity index is 1150. The molecular weight excluding hydrogens is 371 g/mol. The number of fused-ring (bicyclic) bond motifs is 5. The first-order chi connectivity index (χ1) is 13.2. The van der Waals surface area contributed by atoms with Gasteiger partial charge in [-0.25, -0.2) is 0 Å². The molecule has 0 bridgehead atoms. The maximum atomic E-state index is 6.42. The Morgan fingerprint density at radius 3 is 2.15 bits per heavy atom. The van der Waals surface area contributed by atoms with Crippen LogP contribution in [0.3, 0.4) is 0 Å². The number of aryl methyl sites for hydroxylation is 2. The van der Waals surface area contributed by atoms with Gasteiger partial charge in [0.1, 0.15) is 0 Å². The van der Waals surface area contributed by atoms with E-state index in [9.17, 15) is 0 Å². The molecule has 0 nitrogen and oxygen atoms in total. The van der Waals surface area contributed by atoms with Crippen molar-refractivity contribution in [1.82, 2.24) is 0 Å². The van der Waals surface area contributed by atoms with Crippen molar-refractivity contribution in [3.05, 3.63) is 93.0 Å². The summed E-state index contributed by atoms with van der Waals surface area (Å²) in [4.78, 5) is 0. The standard InChI is InChI=1S/C25H20Cl2/c26-24-9-4-10-25(27)23(24)15-17-6-3-8-20-19(17)13-14-21-18-7-2-1-5-16(18)11-12-22(20)21/h3-4,6,8-14H,1-2,5,7,15H2. The molecule has 0 unspecified atom stereocenters. The Labute approximate surface area is 169 Å². The zero-order chi connectivity index (χ0) is 18.4. The molecule has 134 valence electrons. The van der Waals surface area contributed by atoms with Crippen LogP contribution in [-0.4, -0.2) is 0 Å². The van der Waals surface area contributed by atoms with Gasteiger partial charge in [-0.15, -0.1) is 0 Å². The van der Waals surface area contributed by atoms with Gasteiger partial charge >= 0.3 is 0 Å². The second-order valence-corrected chi connectivity index (χ2v) is 8.27. The molecule has 0 radical (unpaired) electrons. The van der Waals surface area contributed by atoms with E-state index >= 15 is 0 Å². The first kappa shape index (κ1) is 17.1. The van der Waals surface area contributed by atoms with Gasteiger partial charge in [0, 0.05) is 16.5 Å². The third-order valence-electron chi connectivity index (χ3n) is 5.91. The van der Waals surface area contributed by atoms with Crippen LogP contribution in [0, 0.1) is 0 Å². The fourth-order valence-electron chi connectivity index (χ4n) is 4.54. The molecule has 0 N–H and O–H groups in total. The molecule has 0 aromatic heterocycles. The van der Waals surface area contributed by atoms with Crippen molar-refractivity contribution in [2.45, 2.75) is 32.1 Å². The van der Waals surface area contributed by atoms with Crippen LogP contribution in [0.15, 0.2) is 60.7 Å². The molecule has 0 spiro atoms. The number of hydrogen-bond acceptors (Lipinski definition) is 0. The lowest BCUT2D eigenvalue weighted by atomic mass is 9.86. The molecule has 5 rings (SSSR count). The highest BCUT2D eigenvalue weighted by molar-refractivity contribution is 6.36. The van der Waals surface area contributed by atoms with Crippen molar-refractivity contribution in [3.63, 3.8) is 0 Å². The van der Waals surface area contributed by atoms with E-state index in [0.29, 0.717) is 0 Å². The highest BCUT2D eigenvalue weighted by atomic mass is 35.5. The minimum Gasteiger partial charge on any atom is -0.0840 e. The number of halogens is 2. The molecule has 0 fully saturated rings. The second kappa shape index (κ2) is 6.86. The number of rotatable bonds is 2. The number of benzene rings is 4. The summed E-state index contributed by atoms with van der Waals surface area (Å²) < 4.78 is 0. The lowest BCUT2D eigenvalue weighted by Gasteiger charge is -2.19. The Morgan fingerprint density at radius 1 is 0.630 bits per heavy atom. The first-order valence-electron chi connectivity index (χ1n) is 9.60. The number of hydrogen-bond donors (Lipinski definition) is 0. The van der Waals surface area contributed by atoms with Gasteiger partial charge in [-0.2, -0.15) is 0 Å². The lowest BCUT2D eigenvalue weighted by Crippen LogP contribution is -2.03. The van der Waals surface area contributed by atoms with Crippen molar-refractivity contribution in [2.75, 3.05) is 0 Å². The molecule has 2 heteroatoms. The van der Waals surface area contributed by atoms with Gasteiger partial charge in [-0.05, 0) is 81.6 Å². The molecule has 0 amide bonds. The second-order valence-electron chi connectivity index (χ2n) is 7.46. The maximum Gasteiger partial charge on any atom is 0.0456 e. The SMILES string of the molecule is Clc1cccc(Cl)c1Cc1cccc2c1ccc1c3c(ccc12)CCCC3. The van der Waals surface area contributed by atoms with E-state index in [1.165, 1.54) is 58.4 Å². The van der Waals surface area contributed by atoms with E-state index in [2.05, 4.69) is 42.5 Å². The van der Waals surface area contributed by atoms with Crippen LogP contribution in [0.2, 0.25) is 10.0 Å². The van der Waals surface area contributed by atoms with Gasteiger partial charge in [-0.3, -0.25) is 0 Å². The first-order valence-corrected chi connectivity index (χ1v) is 10.4. The fraction of sp³-hybridized carbons (Fsp3) is 0.200. The van der Waals surface area contributed by atoms with Gasteiger partial charge < -0.3 is 0 Å². The normalized spacial score (nSPS) is 13.9. The average Bonchev–Trinajstić information content (AvgIpc) is 2.70. The fourth-order valence-corrected chi connectivity index (χ4v) is 5.07. The predicted octanol–water partition coefficient (Wildman–Crippen LogP) is 7.77. The topological polar surface area (TPSA) is 0 Å². The molecule has 1 aliphatic rings. The smallest absolute Gasteiger partial charge is 0.0456 e. The van der Waals surface area contributed by atoms with Crippen molar-refractivity contribution in [2.24, 2.45) is 0 Å². The van der Waals surface area contributed by atoms with E-state index in [0.717, 1.165) is 22.0 Å². The molecule has 4 aromatic carbocycles. The summed E-state index contributed by atoms with van der Waals surface area (Å²) in [6, 6.07) is 21.6. The minimum atomic E-state index is 0.731. The van der Waals surface area contributed by atoms with Crippen LogP contribution in [-0.2, 0) is 19.3 Å². The summed E-state index contributed by atoms with van der Waals surface area (Å²) in [5.41, 5.74) is 5.35. The van der Waals surface area contributed by atoms with Crippen molar-refractivity contribution >= 4 is 44.7 Å². The van der Waals surface area contributed by atoms with Crippen molar-refractivity contribution in [3.8, 4) is 0 Å². The molecule has 27 heavy (non-hydrogen) atoms. The average molecular weight is 391 g/mol. The highest BCUT2D eigenvalue weighted by Gasteiger charge is 2.15. The molecule has 4 aromatic rings. The minimum absolute atomic E-state index is 0.731. The van der Waals surface area contributed by atoms with Crippen LogP contribution in [0.25, 0.3) is 21.5 Å². The molecule has 0 saturated heterocycles. The summed E-state index contributed by atoms with van der Waals surface area (Å²) in [7, 11) is 0. The molecule has 0 atom stereocenters. The van der Waals surface area contributed by atoms with Crippen molar-refractivity contribution < 1.29 is 0 Å². The summed E-state index contributed by atoms with van der Waals surface area (Å²) in [5, 5.41) is 6.86. The molecule has 0 aliphatic heterocycles. The van der Waals surface area contributed by atoms with E-state index in [1.54, 1.807) is 5.56 Å². The van der Waals surface area contributed by atoms with E-state index < -0.39 is 0 Å². The lowest BCUT2D eigenvalue weighted by molar-refractivity contribution is 0.690. The summed E-state index contributed by atoms with van der Waals surface area (Å²) >= 11 is 12.8. The largest absolute Gasteiger partial charge is 0.0840 e. The van der Waals surface area contributed by atoms with Crippen LogP contribution in [0.5, 0.6) is 0 Å². The summed E-state index contributed by atoms with van der Waals surface area (Å²) in [6.45, 7) is 0. The maximum absolute atomic E-state index is 6.42. The summed E-state index contributed by atoms with van der Waals surface area (Å²) in [6.07, 6.45) is 5.78. The van der Waals surface area contributed by atoms with Gasteiger partial charge in [0.15, 0.2) is 0 Å². The molecular formula is C25H20Cl2. The Kier molecular flexibility index (Phi) is 4.34. The van der Waals surface area contributed by atoms with Gasteiger partial charge in [-0.1, -0.05) is 71.7 Å². The highest BCUT2D eigenvalue weighted by Crippen LogP contribution is 2.36. The Hall–Kier alpha value is -2.02.